The van der Waals surface area contributed by atoms with Gasteiger partial charge < -0.3 is 4.84 Å². The molecule has 0 aliphatic carbocycles. The van der Waals surface area contributed by atoms with Gasteiger partial charge in [0.05, 0.1) is 7.11 Å². The molecule has 0 aromatic carbocycles. The summed E-state index contributed by atoms with van der Waals surface area (Å²) in [4.78, 5) is 15.3. The molecule has 8 heteroatoms. The van der Waals surface area contributed by atoms with E-state index in [-0.39, 0.29) is 5.97 Å². The minimum Gasteiger partial charge on any atom is -0.369 e. The fourth-order valence-corrected chi connectivity index (χ4v) is 0.453. The van der Waals surface area contributed by atoms with Crippen molar-refractivity contribution in [1.29, 1.82) is 0 Å². The molecule has 0 aliphatic heterocycles. The van der Waals surface area contributed by atoms with E-state index in [2.05, 4.69) is 9.02 Å². The van der Waals surface area contributed by atoms with E-state index in [0.29, 0.717) is 6.42 Å². The highest BCUT2D eigenvalue weighted by Crippen LogP contribution is 1.91. The van der Waals surface area contributed by atoms with Gasteiger partial charge in [-0.1, -0.05) is 6.92 Å². The third-order valence-corrected chi connectivity index (χ3v) is 1.37. The first-order valence-electron chi connectivity index (χ1n) is 4.14. The van der Waals surface area contributed by atoms with E-state index in [9.17, 15) is 13.2 Å². The number of carbonyl (C=O) groups excluding carboxylic acids is 1. The third-order valence-electron chi connectivity index (χ3n) is 0.949. The molecule has 0 aromatic rings. The second-order valence-corrected chi connectivity index (χ2v) is 3.81. The van der Waals surface area contributed by atoms with Gasteiger partial charge in [0.2, 0.25) is 0 Å². The predicted octanol–water partition coefficient (Wildman–Crippen LogP) is 0.242. The van der Waals surface area contributed by atoms with Crippen molar-refractivity contribution in [3.05, 3.63) is 0 Å². The molecule has 0 radical (unpaired) electrons. The zero-order valence-corrected chi connectivity index (χ0v) is 10.1. The van der Waals surface area contributed by atoms with Gasteiger partial charge in [-0.2, -0.15) is 8.42 Å². The SMILES string of the molecule is CCCC(=O)ON(C)C.COS(=O)(=O)O. The molecule has 0 bridgehead atoms. The standard InChI is InChI=1S/C6H13NO2.CH4O4S/c1-4-5-6(8)9-7(2)3;1-5-6(2,3)4/h4-5H2,1-3H3;1H3,(H,2,3,4). The molecule has 0 rings (SSSR count). The lowest BCUT2D eigenvalue weighted by Gasteiger charge is -2.08. The van der Waals surface area contributed by atoms with Crippen LogP contribution in [0, 0.1) is 0 Å². The van der Waals surface area contributed by atoms with Gasteiger partial charge in [-0.3, -0.25) is 13.5 Å². The average molecular weight is 243 g/mol. The molecule has 0 spiro atoms. The molecule has 0 aromatic heterocycles. The number of carbonyl (C=O) groups is 1. The summed E-state index contributed by atoms with van der Waals surface area (Å²) in [7, 11) is 0.0844. The van der Waals surface area contributed by atoms with Gasteiger partial charge in [-0.05, 0) is 6.42 Å². The summed E-state index contributed by atoms with van der Waals surface area (Å²) in [5.74, 6) is -0.164. The van der Waals surface area contributed by atoms with E-state index in [0.717, 1.165) is 13.5 Å². The Morgan fingerprint density at radius 3 is 2.00 bits per heavy atom. The molecule has 0 unspecified atom stereocenters. The number of hydrogen-bond donors (Lipinski definition) is 1. The molecule has 7 nitrogen and oxygen atoms in total. The Morgan fingerprint density at radius 2 is 1.80 bits per heavy atom. The first kappa shape index (κ1) is 16.7. The fourth-order valence-electron chi connectivity index (χ4n) is 0.453. The molecule has 0 amide bonds. The van der Waals surface area contributed by atoms with Crippen LogP contribution >= 0.6 is 0 Å². The Bertz CT molecular complexity index is 261. The molecule has 92 valence electrons. The van der Waals surface area contributed by atoms with Gasteiger partial charge in [0.15, 0.2) is 0 Å². The minimum atomic E-state index is -4.16. The van der Waals surface area contributed by atoms with Crippen LogP contribution in [0.3, 0.4) is 0 Å². The van der Waals surface area contributed by atoms with E-state index in [1.165, 1.54) is 5.06 Å². The third kappa shape index (κ3) is 19.6. The van der Waals surface area contributed by atoms with E-state index >= 15 is 0 Å². The zero-order chi connectivity index (χ0) is 12.5. The normalized spacial score (nSPS) is 10.5. The Labute approximate surface area is 89.9 Å². The molecule has 0 saturated heterocycles. The van der Waals surface area contributed by atoms with Crippen molar-refractivity contribution in [1.82, 2.24) is 5.06 Å². The van der Waals surface area contributed by atoms with Gasteiger partial charge >= 0.3 is 16.4 Å². The van der Waals surface area contributed by atoms with Crippen LogP contribution in [0.2, 0.25) is 0 Å². The maximum absolute atomic E-state index is 10.6. The van der Waals surface area contributed by atoms with Crippen molar-refractivity contribution in [2.45, 2.75) is 19.8 Å². The van der Waals surface area contributed by atoms with Crippen LogP contribution in [0.25, 0.3) is 0 Å². The Balaban J connectivity index is 0. The molecule has 0 atom stereocenters. The van der Waals surface area contributed by atoms with E-state index in [4.69, 9.17) is 4.55 Å². The van der Waals surface area contributed by atoms with Crippen LogP contribution in [0.5, 0.6) is 0 Å². The van der Waals surface area contributed by atoms with Crippen molar-refractivity contribution < 1.29 is 26.8 Å². The van der Waals surface area contributed by atoms with Gasteiger partial charge in [0.25, 0.3) is 0 Å². The number of rotatable bonds is 4. The van der Waals surface area contributed by atoms with Crippen LogP contribution in [-0.2, 0) is 24.2 Å². The highest BCUT2D eigenvalue weighted by molar-refractivity contribution is 7.80. The minimum absolute atomic E-state index is 0.164. The van der Waals surface area contributed by atoms with Gasteiger partial charge in [0, 0.05) is 20.5 Å². The topological polar surface area (TPSA) is 93.1 Å². The first-order chi connectivity index (χ1) is 6.72. The van der Waals surface area contributed by atoms with Crippen LogP contribution in [-0.4, -0.2) is 45.2 Å². The van der Waals surface area contributed by atoms with Gasteiger partial charge in [-0.25, -0.2) is 0 Å². The summed E-state index contributed by atoms with van der Waals surface area (Å²) in [6, 6.07) is 0. The van der Waals surface area contributed by atoms with Crippen LogP contribution < -0.4 is 0 Å². The Kier molecular flexibility index (Phi) is 9.58. The van der Waals surface area contributed by atoms with Crippen LogP contribution in [0.4, 0.5) is 0 Å². The van der Waals surface area contributed by atoms with E-state index in [1.807, 2.05) is 6.92 Å². The van der Waals surface area contributed by atoms with Crippen molar-refractivity contribution in [3.63, 3.8) is 0 Å². The summed E-state index contributed by atoms with van der Waals surface area (Å²) in [5, 5.41) is 1.40. The smallest absolute Gasteiger partial charge is 0.369 e. The molecule has 0 fully saturated rings. The van der Waals surface area contributed by atoms with Gasteiger partial charge in [-0.15, -0.1) is 5.06 Å². The second kappa shape index (κ2) is 8.60. The molecule has 0 aliphatic rings. The maximum Gasteiger partial charge on any atom is 0.397 e. The molecule has 0 saturated carbocycles. The second-order valence-electron chi connectivity index (χ2n) is 2.62. The number of nitrogens with zero attached hydrogens (tertiary/aromatic N) is 1. The number of hydrogen-bond acceptors (Lipinski definition) is 6. The lowest BCUT2D eigenvalue weighted by atomic mass is 10.3. The summed E-state index contributed by atoms with van der Waals surface area (Å²) in [6.45, 7) is 1.94. The van der Waals surface area contributed by atoms with E-state index in [1.54, 1.807) is 14.1 Å². The summed E-state index contributed by atoms with van der Waals surface area (Å²) in [5.41, 5.74) is 0. The highest BCUT2D eigenvalue weighted by Gasteiger charge is 2.00. The fraction of sp³-hybridized carbons (Fsp3) is 0.857. The first-order valence-corrected chi connectivity index (χ1v) is 5.50. The zero-order valence-electron chi connectivity index (χ0n) is 9.26. The largest absolute Gasteiger partial charge is 0.397 e. The Hall–Kier alpha value is -0.700. The van der Waals surface area contributed by atoms with E-state index < -0.39 is 10.4 Å². The quantitative estimate of drug-likeness (QED) is 0.558. The lowest BCUT2D eigenvalue weighted by Crippen LogP contribution is -2.17. The molecular formula is C7H17NO6S. The lowest BCUT2D eigenvalue weighted by molar-refractivity contribution is -0.178. The highest BCUT2D eigenvalue weighted by atomic mass is 32.3. The van der Waals surface area contributed by atoms with Crippen molar-refractivity contribution in [2.24, 2.45) is 0 Å². The summed E-state index contributed by atoms with van der Waals surface area (Å²) in [6.07, 6.45) is 1.34. The number of hydroxylamine groups is 2. The summed E-state index contributed by atoms with van der Waals surface area (Å²) < 4.78 is 29.7. The molecule has 1 N–H and O–H groups in total. The molecule has 0 heterocycles. The van der Waals surface area contributed by atoms with Crippen LogP contribution in [0.1, 0.15) is 19.8 Å². The van der Waals surface area contributed by atoms with Crippen molar-refractivity contribution in [2.75, 3.05) is 21.2 Å². The van der Waals surface area contributed by atoms with Gasteiger partial charge in [0.1, 0.15) is 0 Å². The predicted molar refractivity (Wildman–Crippen MR) is 53.2 cm³/mol. The van der Waals surface area contributed by atoms with Crippen LogP contribution in [0.15, 0.2) is 0 Å². The molecule has 15 heavy (non-hydrogen) atoms. The monoisotopic (exact) mass is 243 g/mol. The Morgan fingerprint density at radius 1 is 1.40 bits per heavy atom. The van der Waals surface area contributed by atoms with Crippen molar-refractivity contribution >= 4 is 16.4 Å². The average Bonchev–Trinajstić information content (AvgIpc) is 2.03. The summed E-state index contributed by atoms with van der Waals surface area (Å²) >= 11 is 0. The van der Waals surface area contributed by atoms with Crippen molar-refractivity contribution in [3.8, 4) is 0 Å². The molecular weight excluding hydrogens is 226 g/mol. The maximum atomic E-state index is 10.6.